The monoisotopic (exact) mass is 226 g/mol. The number of rotatable bonds is 2. The molecule has 2 atom stereocenters. The smallest absolute Gasteiger partial charge is 0.170 e. The van der Waals surface area contributed by atoms with Crippen molar-refractivity contribution in [1.82, 2.24) is 0 Å². The molecule has 0 saturated heterocycles. The summed E-state index contributed by atoms with van der Waals surface area (Å²) in [7, 11) is 0. The zero-order chi connectivity index (χ0) is 11.7. The van der Waals surface area contributed by atoms with E-state index in [1.807, 2.05) is 0 Å². The number of ether oxygens (including phenoxy) is 1. The highest BCUT2D eigenvalue weighted by Gasteiger charge is 2.31. The van der Waals surface area contributed by atoms with Crippen LogP contribution in [0.15, 0.2) is 18.2 Å². The van der Waals surface area contributed by atoms with Crippen molar-refractivity contribution >= 4 is 5.78 Å². The second kappa shape index (κ2) is 4.19. The fourth-order valence-electron chi connectivity index (χ4n) is 1.65. The summed E-state index contributed by atoms with van der Waals surface area (Å²) in [5, 5.41) is 18.1. The summed E-state index contributed by atoms with van der Waals surface area (Å²) in [6.07, 6.45) is -1.93. The Labute approximate surface area is 91.3 Å². The molecule has 0 fully saturated rings. The van der Waals surface area contributed by atoms with E-state index < -0.39 is 24.6 Å². The molecule has 1 aliphatic heterocycles. The molecular weight excluding hydrogens is 215 g/mol. The van der Waals surface area contributed by atoms with Gasteiger partial charge in [0.15, 0.2) is 5.78 Å². The first-order valence-corrected chi connectivity index (χ1v) is 4.90. The van der Waals surface area contributed by atoms with Crippen LogP contribution in [0.1, 0.15) is 16.8 Å². The van der Waals surface area contributed by atoms with Gasteiger partial charge in [0.1, 0.15) is 23.8 Å². The average molecular weight is 226 g/mol. The molecule has 0 radical (unpaired) electrons. The summed E-state index contributed by atoms with van der Waals surface area (Å²) >= 11 is 0. The van der Waals surface area contributed by atoms with E-state index in [0.29, 0.717) is 0 Å². The van der Waals surface area contributed by atoms with Gasteiger partial charge in [-0.25, -0.2) is 4.39 Å². The van der Waals surface area contributed by atoms with E-state index in [9.17, 15) is 14.3 Å². The summed E-state index contributed by atoms with van der Waals surface area (Å²) in [6, 6.07) is 3.64. The van der Waals surface area contributed by atoms with E-state index in [2.05, 4.69) is 0 Å². The Morgan fingerprint density at radius 2 is 2.31 bits per heavy atom. The molecule has 1 aliphatic rings. The summed E-state index contributed by atoms with van der Waals surface area (Å²) in [5.74, 6) is -0.551. The quantitative estimate of drug-likeness (QED) is 0.771. The van der Waals surface area contributed by atoms with Gasteiger partial charge < -0.3 is 14.9 Å². The standard InChI is InChI=1S/C11H11FO4/c12-6-1-2-10-7(3-6)8(14)4-11(16-10)9(15)5-13/h1-3,9,11,13,15H,4-5H2/t9-,11-/m0/s1. The zero-order valence-electron chi connectivity index (χ0n) is 8.39. The largest absolute Gasteiger partial charge is 0.486 e. The van der Waals surface area contributed by atoms with E-state index in [4.69, 9.17) is 9.84 Å². The first kappa shape index (κ1) is 11.0. The van der Waals surface area contributed by atoms with Crippen molar-refractivity contribution in [2.75, 3.05) is 6.61 Å². The molecule has 4 nitrogen and oxygen atoms in total. The third kappa shape index (κ3) is 1.91. The van der Waals surface area contributed by atoms with Gasteiger partial charge in [-0.1, -0.05) is 0 Å². The second-order valence-electron chi connectivity index (χ2n) is 3.67. The molecule has 0 amide bonds. The number of halogens is 1. The Morgan fingerprint density at radius 3 is 3.00 bits per heavy atom. The summed E-state index contributed by atoms with van der Waals surface area (Å²) in [4.78, 5) is 11.6. The normalized spacial score (nSPS) is 21.2. The Kier molecular flexibility index (Phi) is 2.89. The Morgan fingerprint density at radius 1 is 1.56 bits per heavy atom. The van der Waals surface area contributed by atoms with Crippen molar-refractivity contribution in [3.63, 3.8) is 0 Å². The minimum Gasteiger partial charge on any atom is -0.486 e. The van der Waals surface area contributed by atoms with Crippen molar-refractivity contribution in [3.05, 3.63) is 29.6 Å². The van der Waals surface area contributed by atoms with Gasteiger partial charge in [0.2, 0.25) is 0 Å². The molecule has 0 spiro atoms. The van der Waals surface area contributed by atoms with Crippen LogP contribution in [0.2, 0.25) is 0 Å². The third-order valence-corrected chi connectivity index (χ3v) is 2.52. The van der Waals surface area contributed by atoms with Gasteiger partial charge >= 0.3 is 0 Å². The van der Waals surface area contributed by atoms with Crippen LogP contribution in [0.3, 0.4) is 0 Å². The van der Waals surface area contributed by atoms with Crippen LogP contribution in [-0.4, -0.2) is 34.8 Å². The number of carbonyl (C=O) groups excluding carboxylic acids is 1. The summed E-state index contributed by atoms with van der Waals surface area (Å²) in [5.41, 5.74) is 0.182. The lowest BCUT2D eigenvalue weighted by Crippen LogP contribution is -2.39. The third-order valence-electron chi connectivity index (χ3n) is 2.52. The number of hydrogen-bond donors (Lipinski definition) is 2. The molecule has 1 heterocycles. The number of ketones is 1. The van der Waals surface area contributed by atoms with Crippen molar-refractivity contribution in [2.45, 2.75) is 18.6 Å². The number of Topliss-reactive ketones (excluding diaryl/α,β-unsaturated/α-hetero) is 1. The van der Waals surface area contributed by atoms with E-state index in [-0.39, 0.29) is 23.5 Å². The number of fused-ring (bicyclic) bond motifs is 1. The highest BCUT2D eigenvalue weighted by Crippen LogP contribution is 2.29. The molecule has 2 rings (SSSR count). The van der Waals surface area contributed by atoms with Gasteiger partial charge in [0.25, 0.3) is 0 Å². The minimum atomic E-state index is -1.11. The minimum absolute atomic E-state index is 0.0574. The molecule has 5 heteroatoms. The van der Waals surface area contributed by atoms with Crippen LogP contribution in [0.25, 0.3) is 0 Å². The van der Waals surface area contributed by atoms with Crippen LogP contribution < -0.4 is 4.74 Å². The fourth-order valence-corrected chi connectivity index (χ4v) is 1.65. The molecule has 16 heavy (non-hydrogen) atoms. The molecule has 86 valence electrons. The molecule has 1 aromatic carbocycles. The molecule has 0 aromatic heterocycles. The molecule has 0 bridgehead atoms. The number of carbonyl (C=O) groups is 1. The molecule has 0 unspecified atom stereocenters. The maximum atomic E-state index is 12.9. The molecule has 1 aromatic rings. The number of aliphatic hydroxyl groups is 2. The van der Waals surface area contributed by atoms with E-state index >= 15 is 0 Å². The number of benzene rings is 1. The lowest BCUT2D eigenvalue weighted by Gasteiger charge is -2.27. The highest BCUT2D eigenvalue weighted by molar-refractivity contribution is 5.99. The van der Waals surface area contributed by atoms with Crippen LogP contribution >= 0.6 is 0 Å². The predicted molar refractivity (Wildman–Crippen MR) is 52.9 cm³/mol. The summed E-state index contributed by atoms with van der Waals surface area (Å²) in [6.45, 7) is -0.478. The van der Waals surface area contributed by atoms with Crippen LogP contribution in [0.5, 0.6) is 5.75 Å². The lowest BCUT2D eigenvalue weighted by molar-refractivity contribution is -0.00671. The Hall–Kier alpha value is -1.46. The lowest BCUT2D eigenvalue weighted by atomic mass is 9.98. The van der Waals surface area contributed by atoms with E-state index in [1.165, 1.54) is 12.1 Å². The topological polar surface area (TPSA) is 66.8 Å². The van der Waals surface area contributed by atoms with Crippen molar-refractivity contribution in [2.24, 2.45) is 0 Å². The molecule has 0 saturated carbocycles. The first-order valence-electron chi connectivity index (χ1n) is 4.90. The molecular formula is C11H11FO4. The van der Waals surface area contributed by atoms with Gasteiger partial charge in [0, 0.05) is 0 Å². The second-order valence-corrected chi connectivity index (χ2v) is 3.67. The maximum Gasteiger partial charge on any atom is 0.170 e. The number of hydrogen-bond acceptors (Lipinski definition) is 4. The van der Waals surface area contributed by atoms with E-state index in [0.717, 1.165) is 6.07 Å². The van der Waals surface area contributed by atoms with Crippen LogP contribution in [0.4, 0.5) is 4.39 Å². The van der Waals surface area contributed by atoms with Crippen molar-refractivity contribution in [1.29, 1.82) is 0 Å². The highest BCUT2D eigenvalue weighted by atomic mass is 19.1. The Balaban J connectivity index is 2.30. The molecule has 0 aliphatic carbocycles. The van der Waals surface area contributed by atoms with E-state index in [1.54, 1.807) is 0 Å². The predicted octanol–water partition coefficient (Wildman–Crippen LogP) is 0.513. The average Bonchev–Trinajstić information content (AvgIpc) is 2.28. The van der Waals surface area contributed by atoms with Gasteiger partial charge in [-0.05, 0) is 18.2 Å². The SMILES string of the molecule is O=C1C[C@@H]([C@@H](O)CO)Oc2ccc(F)cc21. The van der Waals surface area contributed by atoms with Gasteiger partial charge in [-0.3, -0.25) is 4.79 Å². The van der Waals surface area contributed by atoms with Gasteiger partial charge in [-0.2, -0.15) is 0 Å². The molecule has 2 N–H and O–H groups in total. The number of aliphatic hydroxyl groups excluding tert-OH is 2. The maximum absolute atomic E-state index is 12.9. The van der Waals surface area contributed by atoms with Crippen molar-refractivity contribution in [3.8, 4) is 5.75 Å². The summed E-state index contributed by atoms with van der Waals surface area (Å²) < 4.78 is 18.2. The zero-order valence-corrected chi connectivity index (χ0v) is 8.39. The van der Waals surface area contributed by atoms with Gasteiger partial charge in [0.05, 0.1) is 18.6 Å². The first-order chi connectivity index (χ1) is 7.61. The van der Waals surface area contributed by atoms with Crippen LogP contribution in [0, 0.1) is 5.82 Å². The van der Waals surface area contributed by atoms with Crippen LogP contribution in [-0.2, 0) is 0 Å². The fraction of sp³-hybridized carbons (Fsp3) is 0.364. The van der Waals surface area contributed by atoms with Crippen molar-refractivity contribution < 1.29 is 24.1 Å². The Bertz CT molecular complexity index is 418. The van der Waals surface area contributed by atoms with Gasteiger partial charge in [-0.15, -0.1) is 0 Å².